The number of benzene rings is 1. The number of aromatic nitrogens is 1. The van der Waals surface area contributed by atoms with E-state index in [9.17, 15) is 31.5 Å². The van der Waals surface area contributed by atoms with E-state index in [1.807, 2.05) is 6.92 Å². The van der Waals surface area contributed by atoms with Crippen LogP contribution in [0.5, 0.6) is 0 Å². The van der Waals surface area contributed by atoms with E-state index in [1.54, 1.807) is 13.8 Å². The van der Waals surface area contributed by atoms with E-state index in [2.05, 4.69) is 20.9 Å². The van der Waals surface area contributed by atoms with Crippen LogP contribution in [0.3, 0.4) is 0 Å². The van der Waals surface area contributed by atoms with Crippen molar-refractivity contribution in [1.82, 2.24) is 15.6 Å². The molecule has 0 radical (unpaired) electrons. The lowest BCUT2D eigenvalue weighted by molar-refractivity contribution is -0.126. The molecule has 33 heavy (non-hydrogen) atoms. The van der Waals surface area contributed by atoms with Gasteiger partial charge in [0, 0.05) is 17.0 Å². The number of rotatable bonds is 10. The summed E-state index contributed by atoms with van der Waals surface area (Å²) in [7, 11) is 0. The van der Waals surface area contributed by atoms with Gasteiger partial charge in [-0.2, -0.15) is 13.2 Å². The van der Waals surface area contributed by atoms with Gasteiger partial charge >= 0.3 is 6.18 Å². The molecular formula is C21H25F5N4O2S. The van der Waals surface area contributed by atoms with Crippen LogP contribution in [0.4, 0.5) is 27.1 Å². The number of amides is 2. The summed E-state index contributed by atoms with van der Waals surface area (Å²) in [5, 5.41) is 7.70. The second-order valence-electron chi connectivity index (χ2n) is 7.54. The van der Waals surface area contributed by atoms with Gasteiger partial charge in [0.1, 0.15) is 17.7 Å². The largest absolute Gasteiger partial charge is 0.401 e. The van der Waals surface area contributed by atoms with Crippen LogP contribution in [0.1, 0.15) is 48.9 Å². The second kappa shape index (κ2) is 11.5. The molecule has 2 amide bonds. The minimum absolute atomic E-state index is 0.126. The topological polar surface area (TPSA) is 83.1 Å². The number of hydrogen-bond donors (Lipinski definition) is 3. The Morgan fingerprint density at radius 3 is 2.36 bits per heavy atom. The fourth-order valence-electron chi connectivity index (χ4n) is 3.12. The highest BCUT2D eigenvalue weighted by molar-refractivity contribution is 7.16. The first-order valence-corrected chi connectivity index (χ1v) is 11.0. The van der Waals surface area contributed by atoms with Gasteiger partial charge in [0.15, 0.2) is 5.13 Å². The zero-order valence-corrected chi connectivity index (χ0v) is 19.1. The maximum Gasteiger partial charge on any atom is 0.401 e. The Morgan fingerprint density at radius 2 is 1.79 bits per heavy atom. The lowest BCUT2D eigenvalue weighted by Gasteiger charge is -2.17. The Morgan fingerprint density at radius 1 is 1.15 bits per heavy atom. The fourth-order valence-corrected chi connectivity index (χ4v) is 4.11. The lowest BCUT2D eigenvalue weighted by atomic mass is 10.1. The Balaban J connectivity index is 2.02. The molecule has 0 spiro atoms. The highest BCUT2D eigenvalue weighted by Crippen LogP contribution is 2.29. The number of thiazole rings is 1. The van der Waals surface area contributed by atoms with Crippen LogP contribution >= 0.6 is 11.3 Å². The average Bonchev–Trinajstić information content (AvgIpc) is 3.04. The van der Waals surface area contributed by atoms with Gasteiger partial charge in [0.2, 0.25) is 11.8 Å². The van der Waals surface area contributed by atoms with Crippen molar-refractivity contribution in [2.45, 2.75) is 58.3 Å². The maximum atomic E-state index is 13.3. The number of halogens is 5. The number of carbonyl (C=O) groups excluding carboxylic acids is 2. The molecule has 0 saturated carbocycles. The Hall–Kier alpha value is -2.60. The van der Waals surface area contributed by atoms with Crippen LogP contribution < -0.4 is 16.0 Å². The van der Waals surface area contributed by atoms with Gasteiger partial charge < -0.3 is 16.0 Å². The average molecular weight is 493 g/mol. The van der Waals surface area contributed by atoms with Crippen LogP contribution in [-0.2, 0) is 16.0 Å². The number of aryl methyl sites for hydroxylation is 1. The maximum absolute atomic E-state index is 13.3. The third-order valence-electron chi connectivity index (χ3n) is 4.58. The van der Waals surface area contributed by atoms with Gasteiger partial charge in [-0.3, -0.25) is 9.59 Å². The van der Waals surface area contributed by atoms with Crippen LogP contribution in [0.2, 0.25) is 0 Å². The summed E-state index contributed by atoms with van der Waals surface area (Å²) in [6.07, 6.45) is -3.80. The second-order valence-corrected chi connectivity index (χ2v) is 8.57. The predicted molar refractivity (Wildman–Crippen MR) is 115 cm³/mol. The van der Waals surface area contributed by atoms with Gasteiger partial charge in [0.25, 0.3) is 0 Å². The van der Waals surface area contributed by atoms with Crippen LogP contribution in [0.25, 0.3) is 0 Å². The molecule has 0 fully saturated rings. The Kier molecular flexibility index (Phi) is 9.29. The first kappa shape index (κ1) is 26.7. The summed E-state index contributed by atoms with van der Waals surface area (Å²) >= 11 is 1.04. The number of nitrogens with zero attached hydrogens (tertiary/aromatic N) is 1. The van der Waals surface area contributed by atoms with Crippen molar-refractivity contribution in [1.29, 1.82) is 0 Å². The third-order valence-corrected chi connectivity index (χ3v) is 5.84. The van der Waals surface area contributed by atoms with Gasteiger partial charge in [-0.25, -0.2) is 13.8 Å². The molecule has 3 N–H and O–H groups in total. The normalized spacial score (nSPS) is 13.5. The molecule has 6 nitrogen and oxygen atoms in total. The molecule has 0 saturated heterocycles. The molecule has 2 rings (SSSR count). The molecule has 182 valence electrons. The van der Waals surface area contributed by atoms with Crippen molar-refractivity contribution >= 4 is 28.3 Å². The molecular weight excluding hydrogens is 467 g/mol. The van der Waals surface area contributed by atoms with E-state index < -0.39 is 48.3 Å². The van der Waals surface area contributed by atoms with Crippen LogP contribution in [0.15, 0.2) is 18.2 Å². The molecule has 0 bridgehead atoms. The molecule has 0 aliphatic rings. The van der Waals surface area contributed by atoms with Crippen molar-refractivity contribution in [2.75, 3.05) is 11.9 Å². The van der Waals surface area contributed by atoms with Crippen molar-refractivity contribution in [2.24, 2.45) is 0 Å². The number of hydrogen-bond acceptors (Lipinski definition) is 5. The third kappa shape index (κ3) is 8.69. The van der Waals surface area contributed by atoms with E-state index in [0.29, 0.717) is 29.5 Å². The standard InChI is InChI=1S/C21H25F5N4O2S/c1-4-5-16(29-17(31)8-13-6-14(22)9-15(23)7-13)19(32)30-20-28-12(3)18(33-20)11(2)27-10-21(24,25)26/h6-7,9,11,16,27H,4-5,8,10H2,1-3H3,(H,29,31)(H,28,30,32)/t11?,16-/m0/s1. The lowest BCUT2D eigenvalue weighted by Crippen LogP contribution is -2.44. The zero-order chi connectivity index (χ0) is 24.8. The molecule has 0 aliphatic heterocycles. The van der Waals surface area contributed by atoms with Crippen molar-refractivity contribution in [3.05, 3.63) is 46.0 Å². The van der Waals surface area contributed by atoms with Crippen molar-refractivity contribution in [3.8, 4) is 0 Å². The number of alkyl halides is 3. The predicted octanol–water partition coefficient (Wildman–Crippen LogP) is 4.41. The smallest absolute Gasteiger partial charge is 0.344 e. The van der Waals surface area contributed by atoms with E-state index in [-0.39, 0.29) is 17.1 Å². The molecule has 2 aromatic rings. The summed E-state index contributed by atoms with van der Waals surface area (Å²) in [4.78, 5) is 29.8. The highest BCUT2D eigenvalue weighted by Gasteiger charge is 2.28. The molecule has 1 aromatic heterocycles. The first-order chi connectivity index (χ1) is 15.4. The van der Waals surface area contributed by atoms with Crippen molar-refractivity contribution in [3.63, 3.8) is 0 Å². The van der Waals surface area contributed by atoms with Crippen LogP contribution in [0, 0.1) is 18.6 Å². The Labute approximate surface area is 192 Å². The summed E-state index contributed by atoms with van der Waals surface area (Å²) in [5.74, 6) is -2.76. The molecule has 1 aromatic carbocycles. The van der Waals surface area contributed by atoms with Crippen molar-refractivity contribution < 1.29 is 31.5 Å². The number of carbonyl (C=O) groups is 2. The van der Waals surface area contributed by atoms with Crippen LogP contribution in [-0.4, -0.2) is 35.6 Å². The summed E-state index contributed by atoms with van der Waals surface area (Å²) < 4.78 is 64.0. The highest BCUT2D eigenvalue weighted by atomic mass is 32.1. The van der Waals surface area contributed by atoms with Gasteiger partial charge in [0.05, 0.1) is 18.7 Å². The summed E-state index contributed by atoms with van der Waals surface area (Å²) in [6, 6.07) is 1.21. The molecule has 2 atom stereocenters. The van der Waals surface area contributed by atoms with E-state index in [0.717, 1.165) is 23.5 Å². The molecule has 1 heterocycles. The minimum atomic E-state index is -4.35. The fraction of sp³-hybridized carbons (Fsp3) is 0.476. The number of nitrogens with one attached hydrogen (secondary N) is 3. The van der Waals surface area contributed by atoms with Gasteiger partial charge in [-0.1, -0.05) is 24.7 Å². The summed E-state index contributed by atoms with van der Waals surface area (Å²) in [6.45, 7) is 3.84. The van der Waals surface area contributed by atoms with Gasteiger partial charge in [-0.05, 0) is 38.0 Å². The first-order valence-electron chi connectivity index (χ1n) is 10.2. The molecule has 12 heteroatoms. The zero-order valence-electron chi connectivity index (χ0n) is 18.3. The van der Waals surface area contributed by atoms with E-state index in [4.69, 9.17) is 0 Å². The monoisotopic (exact) mass is 492 g/mol. The Bertz CT molecular complexity index is 960. The number of anilines is 1. The SMILES string of the molecule is CCC[C@H](NC(=O)Cc1cc(F)cc(F)c1)C(=O)Nc1nc(C)c(C(C)NCC(F)(F)F)s1. The van der Waals surface area contributed by atoms with E-state index >= 15 is 0 Å². The molecule has 1 unspecified atom stereocenters. The molecule has 0 aliphatic carbocycles. The minimum Gasteiger partial charge on any atom is -0.344 e. The van der Waals surface area contributed by atoms with E-state index in [1.165, 1.54) is 0 Å². The summed E-state index contributed by atoms with van der Waals surface area (Å²) in [5.41, 5.74) is 0.600. The quantitative estimate of drug-likeness (QED) is 0.429. The van der Waals surface area contributed by atoms with Gasteiger partial charge in [-0.15, -0.1) is 0 Å².